The molecule has 22 heavy (non-hydrogen) atoms. The maximum absolute atomic E-state index is 10.3. The van der Waals surface area contributed by atoms with Gasteiger partial charge in [0.05, 0.1) is 0 Å². The Kier molecular flexibility index (Phi) is 17.1. The molecule has 0 fully saturated rings. The zero-order valence-corrected chi connectivity index (χ0v) is 14.6. The highest BCUT2D eigenvalue weighted by Crippen LogP contribution is 2.09. The summed E-state index contributed by atoms with van der Waals surface area (Å²) >= 11 is 0. The minimum Gasteiger partial charge on any atom is -0.481 e. The standard InChI is InChI=1S/C20H36O2/c1-2-3-4-5-6-7-8-9-10-11-12-13-14-15-16-17-18-19-20(21)22/h11-12,14-15H,2-10,13,16-19H2,1H3,(H,21,22)/b12-11-,15-14-. The first-order chi connectivity index (χ1) is 10.8. The fraction of sp³-hybridized carbons (Fsp3) is 0.750. The van der Waals surface area contributed by atoms with Crippen LogP contribution in [-0.2, 0) is 4.79 Å². The molecule has 0 aromatic rings. The van der Waals surface area contributed by atoms with Crippen LogP contribution < -0.4 is 0 Å². The van der Waals surface area contributed by atoms with Crippen LogP contribution in [0.1, 0.15) is 96.8 Å². The number of carbonyl (C=O) groups is 1. The first kappa shape index (κ1) is 20.9. The van der Waals surface area contributed by atoms with Crippen LogP contribution >= 0.6 is 0 Å². The van der Waals surface area contributed by atoms with Crippen molar-refractivity contribution in [1.29, 1.82) is 0 Å². The van der Waals surface area contributed by atoms with Crippen LogP contribution in [0.3, 0.4) is 0 Å². The first-order valence-corrected chi connectivity index (χ1v) is 9.29. The lowest BCUT2D eigenvalue weighted by Crippen LogP contribution is -1.92. The van der Waals surface area contributed by atoms with Gasteiger partial charge in [-0.25, -0.2) is 0 Å². The molecule has 2 nitrogen and oxygen atoms in total. The van der Waals surface area contributed by atoms with E-state index in [1.807, 2.05) is 0 Å². The average molecular weight is 309 g/mol. The summed E-state index contributed by atoms with van der Waals surface area (Å²) in [6.07, 6.45) is 25.2. The van der Waals surface area contributed by atoms with Gasteiger partial charge in [-0.1, -0.05) is 76.2 Å². The molecule has 0 unspecified atom stereocenters. The highest BCUT2D eigenvalue weighted by Gasteiger charge is 1.94. The summed E-state index contributed by atoms with van der Waals surface area (Å²) in [5, 5.41) is 8.51. The van der Waals surface area contributed by atoms with E-state index < -0.39 is 5.97 Å². The van der Waals surface area contributed by atoms with Crippen LogP contribution in [0.2, 0.25) is 0 Å². The van der Waals surface area contributed by atoms with Crippen molar-refractivity contribution in [2.75, 3.05) is 0 Å². The van der Waals surface area contributed by atoms with E-state index in [0.29, 0.717) is 6.42 Å². The Hall–Kier alpha value is -1.05. The molecule has 0 rings (SSSR count). The Labute approximate surface area is 137 Å². The van der Waals surface area contributed by atoms with Crippen molar-refractivity contribution in [1.82, 2.24) is 0 Å². The largest absolute Gasteiger partial charge is 0.481 e. The molecule has 0 aromatic carbocycles. The molecule has 128 valence electrons. The molecular weight excluding hydrogens is 272 g/mol. The molecule has 0 aliphatic carbocycles. The minimum atomic E-state index is -0.687. The molecule has 1 N–H and O–H groups in total. The molecule has 0 radical (unpaired) electrons. The van der Waals surface area contributed by atoms with Crippen molar-refractivity contribution in [3.8, 4) is 0 Å². The van der Waals surface area contributed by atoms with E-state index in [-0.39, 0.29) is 0 Å². The van der Waals surface area contributed by atoms with E-state index in [1.165, 1.54) is 57.8 Å². The lowest BCUT2D eigenvalue weighted by atomic mass is 10.1. The molecule has 0 aromatic heterocycles. The van der Waals surface area contributed by atoms with Gasteiger partial charge in [0, 0.05) is 6.42 Å². The summed E-state index contributed by atoms with van der Waals surface area (Å²) in [5.74, 6) is -0.687. The SMILES string of the molecule is CCCCCCCCCC/C=C\C/C=C\CCCCC(=O)O. The number of carboxylic acids is 1. The molecule has 0 saturated carbocycles. The smallest absolute Gasteiger partial charge is 0.303 e. The van der Waals surface area contributed by atoms with Gasteiger partial charge >= 0.3 is 5.97 Å². The van der Waals surface area contributed by atoms with Gasteiger partial charge in [0.15, 0.2) is 0 Å². The monoisotopic (exact) mass is 308 g/mol. The molecule has 2 heteroatoms. The van der Waals surface area contributed by atoms with Gasteiger partial charge in [-0.3, -0.25) is 4.79 Å². The number of hydrogen-bond donors (Lipinski definition) is 1. The molecule has 0 saturated heterocycles. The Morgan fingerprint density at radius 3 is 1.77 bits per heavy atom. The maximum atomic E-state index is 10.3. The van der Waals surface area contributed by atoms with Crippen LogP contribution in [0, 0.1) is 0 Å². The Morgan fingerprint density at radius 1 is 0.727 bits per heavy atom. The third kappa shape index (κ3) is 18.9. The van der Waals surface area contributed by atoms with Crippen molar-refractivity contribution in [2.45, 2.75) is 96.8 Å². The predicted molar refractivity (Wildman–Crippen MR) is 96.2 cm³/mol. The van der Waals surface area contributed by atoms with E-state index in [4.69, 9.17) is 5.11 Å². The predicted octanol–water partition coefficient (Wildman–Crippen LogP) is 6.66. The van der Waals surface area contributed by atoms with Crippen LogP contribution in [0.25, 0.3) is 0 Å². The number of carboxylic acid groups (broad SMARTS) is 1. The Balaban J connectivity index is 3.18. The van der Waals surface area contributed by atoms with Crippen LogP contribution in [-0.4, -0.2) is 11.1 Å². The summed E-state index contributed by atoms with van der Waals surface area (Å²) in [5.41, 5.74) is 0. The second-order valence-corrected chi connectivity index (χ2v) is 6.08. The molecule has 0 atom stereocenters. The fourth-order valence-corrected chi connectivity index (χ4v) is 2.44. The Morgan fingerprint density at radius 2 is 1.23 bits per heavy atom. The second-order valence-electron chi connectivity index (χ2n) is 6.08. The first-order valence-electron chi connectivity index (χ1n) is 9.29. The maximum Gasteiger partial charge on any atom is 0.303 e. The third-order valence-corrected chi connectivity index (χ3v) is 3.84. The van der Waals surface area contributed by atoms with Gasteiger partial charge in [0.25, 0.3) is 0 Å². The minimum absolute atomic E-state index is 0.298. The quantitative estimate of drug-likeness (QED) is 0.255. The molecule has 0 aliphatic rings. The van der Waals surface area contributed by atoms with Crippen LogP contribution in [0.4, 0.5) is 0 Å². The van der Waals surface area contributed by atoms with Gasteiger partial charge < -0.3 is 5.11 Å². The zero-order valence-electron chi connectivity index (χ0n) is 14.6. The van der Waals surface area contributed by atoms with Crippen molar-refractivity contribution in [2.24, 2.45) is 0 Å². The topological polar surface area (TPSA) is 37.3 Å². The van der Waals surface area contributed by atoms with Crippen LogP contribution in [0.5, 0.6) is 0 Å². The van der Waals surface area contributed by atoms with E-state index in [9.17, 15) is 4.79 Å². The van der Waals surface area contributed by atoms with E-state index in [2.05, 4.69) is 31.2 Å². The van der Waals surface area contributed by atoms with Crippen molar-refractivity contribution < 1.29 is 9.90 Å². The fourth-order valence-electron chi connectivity index (χ4n) is 2.44. The molecule has 0 aliphatic heterocycles. The molecular formula is C20H36O2. The van der Waals surface area contributed by atoms with E-state index >= 15 is 0 Å². The number of aliphatic carboxylic acids is 1. The van der Waals surface area contributed by atoms with Crippen molar-refractivity contribution >= 4 is 5.97 Å². The number of allylic oxidation sites excluding steroid dienone is 4. The van der Waals surface area contributed by atoms with Crippen molar-refractivity contribution in [3.05, 3.63) is 24.3 Å². The number of rotatable bonds is 16. The second kappa shape index (κ2) is 18.0. The van der Waals surface area contributed by atoms with Gasteiger partial charge in [-0.05, 0) is 38.5 Å². The summed E-state index contributed by atoms with van der Waals surface area (Å²) in [7, 11) is 0. The normalized spacial score (nSPS) is 11.7. The summed E-state index contributed by atoms with van der Waals surface area (Å²) < 4.78 is 0. The summed E-state index contributed by atoms with van der Waals surface area (Å²) in [6.45, 7) is 2.26. The number of hydrogen-bond acceptors (Lipinski definition) is 1. The van der Waals surface area contributed by atoms with Crippen molar-refractivity contribution in [3.63, 3.8) is 0 Å². The zero-order chi connectivity index (χ0) is 16.3. The third-order valence-electron chi connectivity index (χ3n) is 3.84. The van der Waals surface area contributed by atoms with Gasteiger partial charge in [0.2, 0.25) is 0 Å². The molecule has 0 bridgehead atoms. The molecule has 0 spiro atoms. The van der Waals surface area contributed by atoms with Gasteiger partial charge in [0.1, 0.15) is 0 Å². The number of unbranched alkanes of at least 4 members (excludes halogenated alkanes) is 10. The highest BCUT2D eigenvalue weighted by atomic mass is 16.4. The lowest BCUT2D eigenvalue weighted by molar-refractivity contribution is -0.137. The Bertz CT molecular complexity index is 292. The molecule has 0 amide bonds. The van der Waals surface area contributed by atoms with E-state index in [0.717, 1.165) is 25.7 Å². The van der Waals surface area contributed by atoms with Gasteiger partial charge in [-0.15, -0.1) is 0 Å². The van der Waals surface area contributed by atoms with Gasteiger partial charge in [-0.2, -0.15) is 0 Å². The van der Waals surface area contributed by atoms with E-state index in [1.54, 1.807) is 0 Å². The lowest BCUT2D eigenvalue weighted by Gasteiger charge is -1.99. The summed E-state index contributed by atoms with van der Waals surface area (Å²) in [4.78, 5) is 10.3. The van der Waals surface area contributed by atoms with Crippen LogP contribution in [0.15, 0.2) is 24.3 Å². The summed E-state index contributed by atoms with van der Waals surface area (Å²) in [6, 6.07) is 0. The average Bonchev–Trinajstić information content (AvgIpc) is 2.50. The molecule has 0 heterocycles. The highest BCUT2D eigenvalue weighted by molar-refractivity contribution is 5.66.